The molecule has 0 aromatic heterocycles. The molecule has 2 heterocycles. The molecule has 4 nitrogen and oxygen atoms in total. The van der Waals surface area contributed by atoms with Crippen molar-refractivity contribution in [2.24, 2.45) is 0 Å². The zero-order valence-electron chi connectivity index (χ0n) is 11.0. The van der Waals surface area contributed by atoms with Crippen LogP contribution in [0.2, 0.25) is 0 Å². The monoisotopic (exact) mass is 240 g/mol. The number of ether oxygens (including phenoxy) is 1. The Hall–Kier alpha value is -0.610. The van der Waals surface area contributed by atoms with Crippen molar-refractivity contribution in [2.75, 3.05) is 33.3 Å². The van der Waals surface area contributed by atoms with Crippen LogP contribution >= 0.6 is 0 Å². The summed E-state index contributed by atoms with van der Waals surface area (Å²) in [5, 5.41) is 0. The molecule has 4 heteroatoms. The van der Waals surface area contributed by atoms with Crippen LogP contribution in [0.25, 0.3) is 0 Å². The first kappa shape index (κ1) is 12.8. The lowest BCUT2D eigenvalue weighted by atomic mass is 10.0. The Balaban J connectivity index is 1.79. The molecule has 0 saturated carbocycles. The second-order valence-corrected chi connectivity index (χ2v) is 5.21. The fraction of sp³-hybridized carbons (Fsp3) is 0.923. The largest absolute Gasteiger partial charge is 0.468 e. The van der Waals surface area contributed by atoms with Crippen LogP contribution in [0.3, 0.4) is 0 Å². The normalized spacial score (nSPS) is 26.0. The Morgan fingerprint density at radius 3 is 2.29 bits per heavy atom. The number of piperidine rings is 1. The van der Waals surface area contributed by atoms with Crippen LogP contribution < -0.4 is 0 Å². The molecule has 1 unspecified atom stereocenters. The Labute approximate surface area is 104 Å². The van der Waals surface area contributed by atoms with E-state index in [9.17, 15) is 4.79 Å². The second-order valence-electron chi connectivity index (χ2n) is 5.21. The van der Waals surface area contributed by atoms with E-state index in [0.29, 0.717) is 0 Å². The van der Waals surface area contributed by atoms with Crippen molar-refractivity contribution in [3.8, 4) is 0 Å². The van der Waals surface area contributed by atoms with Crippen LogP contribution in [0.15, 0.2) is 0 Å². The fourth-order valence-corrected chi connectivity index (χ4v) is 3.06. The standard InChI is InChI=1S/C13H24N2O2/c1-11(13(16)17-2)14-9-5-12(6-10-14)15-7-3-4-8-15/h11-12H,3-10H2,1-2H3. The van der Waals surface area contributed by atoms with Crippen LogP contribution in [0.4, 0.5) is 0 Å². The third-order valence-corrected chi connectivity index (χ3v) is 4.25. The molecule has 0 aromatic rings. The van der Waals surface area contributed by atoms with Crippen LogP contribution in [-0.2, 0) is 9.53 Å². The molecule has 0 N–H and O–H groups in total. The van der Waals surface area contributed by atoms with E-state index < -0.39 is 0 Å². The highest BCUT2D eigenvalue weighted by Gasteiger charge is 2.30. The average Bonchev–Trinajstić information content (AvgIpc) is 2.91. The van der Waals surface area contributed by atoms with Crippen molar-refractivity contribution in [3.63, 3.8) is 0 Å². The maximum absolute atomic E-state index is 11.5. The number of carbonyl (C=O) groups excluding carboxylic acids is 1. The summed E-state index contributed by atoms with van der Waals surface area (Å²) in [6.45, 7) is 6.55. The smallest absolute Gasteiger partial charge is 0.322 e. The summed E-state index contributed by atoms with van der Waals surface area (Å²) in [7, 11) is 1.47. The van der Waals surface area contributed by atoms with Crippen LogP contribution in [0.1, 0.15) is 32.6 Å². The first-order valence-electron chi connectivity index (χ1n) is 6.78. The van der Waals surface area contributed by atoms with Crippen LogP contribution in [0.5, 0.6) is 0 Å². The Morgan fingerprint density at radius 1 is 1.18 bits per heavy atom. The molecule has 0 aromatic carbocycles. The summed E-state index contributed by atoms with van der Waals surface area (Å²) in [4.78, 5) is 16.3. The maximum atomic E-state index is 11.5. The Morgan fingerprint density at radius 2 is 1.76 bits per heavy atom. The van der Waals surface area contributed by atoms with Gasteiger partial charge in [0.25, 0.3) is 0 Å². The van der Waals surface area contributed by atoms with Gasteiger partial charge >= 0.3 is 5.97 Å². The van der Waals surface area contributed by atoms with Gasteiger partial charge in [0.15, 0.2) is 0 Å². The quantitative estimate of drug-likeness (QED) is 0.692. The van der Waals surface area contributed by atoms with Crippen molar-refractivity contribution in [1.29, 1.82) is 0 Å². The Kier molecular flexibility index (Phi) is 4.40. The summed E-state index contributed by atoms with van der Waals surface area (Å²) in [5.74, 6) is -0.107. The topological polar surface area (TPSA) is 32.8 Å². The summed E-state index contributed by atoms with van der Waals surface area (Å²) in [6.07, 6.45) is 5.11. The van der Waals surface area contributed by atoms with Crippen molar-refractivity contribution in [2.45, 2.75) is 44.7 Å². The highest BCUT2D eigenvalue weighted by Crippen LogP contribution is 2.22. The second kappa shape index (κ2) is 5.83. The van der Waals surface area contributed by atoms with Gasteiger partial charge in [-0.1, -0.05) is 0 Å². The molecule has 2 fully saturated rings. The highest BCUT2D eigenvalue weighted by atomic mass is 16.5. The predicted octanol–water partition coefficient (Wildman–Crippen LogP) is 1.11. The average molecular weight is 240 g/mol. The molecule has 2 rings (SSSR count). The third kappa shape index (κ3) is 2.99. The molecule has 2 saturated heterocycles. The number of hydrogen-bond acceptors (Lipinski definition) is 4. The lowest BCUT2D eigenvalue weighted by Crippen LogP contribution is -2.49. The van der Waals surface area contributed by atoms with Crippen molar-refractivity contribution in [1.82, 2.24) is 9.80 Å². The molecule has 0 radical (unpaired) electrons. The van der Waals surface area contributed by atoms with Crippen LogP contribution in [0, 0.1) is 0 Å². The molecule has 17 heavy (non-hydrogen) atoms. The van der Waals surface area contributed by atoms with E-state index in [4.69, 9.17) is 4.74 Å². The molecule has 0 spiro atoms. The van der Waals surface area contributed by atoms with Gasteiger partial charge in [0.05, 0.1) is 7.11 Å². The number of carbonyl (C=O) groups is 1. The van der Waals surface area contributed by atoms with Gasteiger partial charge in [-0.25, -0.2) is 0 Å². The van der Waals surface area contributed by atoms with Crippen molar-refractivity contribution >= 4 is 5.97 Å². The molecular weight excluding hydrogens is 216 g/mol. The van der Waals surface area contributed by atoms with Gasteiger partial charge in [0, 0.05) is 19.1 Å². The van der Waals surface area contributed by atoms with E-state index in [1.54, 1.807) is 0 Å². The van der Waals surface area contributed by atoms with E-state index in [0.717, 1.165) is 19.1 Å². The van der Waals surface area contributed by atoms with E-state index in [2.05, 4.69) is 9.80 Å². The molecule has 2 aliphatic heterocycles. The van der Waals surface area contributed by atoms with E-state index in [1.165, 1.54) is 45.9 Å². The summed E-state index contributed by atoms with van der Waals surface area (Å²) in [6, 6.07) is 0.665. The van der Waals surface area contributed by atoms with Gasteiger partial charge in [-0.3, -0.25) is 9.69 Å². The van der Waals surface area contributed by atoms with Gasteiger partial charge in [-0.05, 0) is 45.7 Å². The maximum Gasteiger partial charge on any atom is 0.322 e. The molecule has 0 bridgehead atoms. The molecule has 0 aliphatic carbocycles. The summed E-state index contributed by atoms with van der Waals surface area (Å²) >= 11 is 0. The van der Waals surface area contributed by atoms with Crippen molar-refractivity contribution in [3.05, 3.63) is 0 Å². The van der Waals surface area contributed by atoms with E-state index in [-0.39, 0.29) is 12.0 Å². The molecule has 98 valence electrons. The van der Waals surface area contributed by atoms with Gasteiger partial charge < -0.3 is 9.64 Å². The molecule has 0 amide bonds. The molecule has 1 atom stereocenters. The lowest BCUT2D eigenvalue weighted by Gasteiger charge is -2.38. The third-order valence-electron chi connectivity index (χ3n) is 4.25. The minimum absolute atomic E-state index is 0.0838. The molecule has 2 aliphatic rings. The summed E-state index contributed by atoms with van der Waals surface area (Å²) < 4.78 is 4.80. The number of nitrogens with zero attached hydrogens (tertiary/aromatic N) is 2. The van der Waals surface area contributed by atoms with Crippen molar-refractivity contribution < 1.29 is 9.53 Å². The number of methoxy groups -OCH3 is 1. The first-order valence-corrected chi connectivity index (χ1v) is 6.78. The zero-order valence-corrected chi connectivity index (χ0v) is 11.0. The number of esters is 1. The SMILES string of the molecule is COC(=O)C(C)N1CCC(N2CCCC2)CC1. The van der Waals surface area contributed by atoms with Gasteiger partial charge in [0.1, 0.15) is 6.04 Å². The minimum atomic E-state index is -0.107. The van der Waals surface area contributed by atoms with Gasteiger partial charge in [-0.15, -0.1) is 0 Å². The lowest BCUT2D eigenvalue weighted by molar-refractivity contribution is -0.146. The van der Waals surface area contributed by atoms with E-state index >= 15 is 0 Å². The highest BCUT2D eigenvalue weighted by molar-refractivity contribution is 5.75. The Bertz CT molecular complexity index is 256. The predicted molar refractivity (Wildman–Crippen MR) is 66.9 cm³/mol. The van der Waals surface area contributed by atoms with Gasteiger partial charge in [-0.2, -0.15) is 0 Å². The number of hydrogen-bond donors (Lipinski definition) is 0. The fourth-order valence-electron chi connectivity index (χ4n) is 3.06. The number of likely N-dealkylation sites (tertiary alicyclic amines) is 2. The van der Waals surface area contributed by atoms with Gasteiger partial charge in [0.2, 0.25) is 0 Å². The first-order chi connectivity index (χ1) is 8.22. The summed E-state index contributed by atoms with van der Waals surface area (Å²) in [5.41, 5.74) is 0. The van der Waals surface area contributed by atoms with E-state index in [1.807, 2.05) is 6.92 Å². The minimum Gasteiger partial charge on any atom is -0.468 e. The zero-order chi connectivity index (χ0) is 12.3. The number of rotatable bonds is 3. The molecular formula is C13H24N2O2. The van der Waals surface area contributed by atoms with Crippen LogP contribution in [-0.4, -0.2) is 61.1 Å².